The van der Waals surface area contributed by atoms with Gasteiger partial charge in [-0.1, -0.05) is 18.2 Å². The van der Waals surface area contributed by atoms with E-state index in [0.717, 1.165) is 6.07 Å². The maximum absolute atomic E-state index is 13.4. The van der Waals surface area contributed by atoms with Gasteiger partial charge in [0.25, 0.3) is 0 Å². The normalized spacial score (nSPS) is 11.3. The quantitative estimate of drug-likeness (QED) is 0.849. The molecular weight excluding hydrogens is 331 g/mol. The molecule has 0 fully saturated rings. The summed E-state index contributed by atoms with van der Waals surface area (Å²) in [4.78, 5) is 11.7. The highest BCUT2D eigenvalue weighted by Crippen LogP contribution is 2.20. The number of carbonyl (C=O) groups is 1. The van der Waals surface area contributed by atoms with Gasteiger partial charge in [0, 0.05) is 6.42 Å². The molecule has 0 saturated carbocycles. The van der Waals surface area contributed by atoms with E-state index in [1.165, 1.54) is 12.1 Å². The summed E-state index contributed by atoms with van der Waals surface area (Å²) in [6.45, 7) is 0. The molecule has 1 amide bonds. The molecule has 0 saturated heterocycles. The van der Waals surface area contributed by atoms with Gasteiger partial charge in [-0.3, -0.25) is 4.79 Å². The first-order valence-electron chi connectivity index (χ1n) is 6.52. The molecule has 1 N–H and O–H groups in total. The van der Waals surface area contributed by atoms with E-state index in [4.69, 9.17) is 0 Å². The number of halogens is 3. The van der Waals surface area contributed by atoms with Crippen LogP contribution in [0.4, 0.5) is 18.9 Å². The number of hydrogen-bond acceptors (Lipinski definition) is 3. The first-order chi connectivity index (χ1) is 10.8. The molecule has 0 atom stereocenters. The summed E-state index contributed by atoms with van der Waals surface area (Å²) in [5, 5.41) is 2.02. The first-order valence-corrected chi connectivity index (χ1v) is 8.17. The summed E-state index contributed by atoms with van der Waals surface area (Å²) in [7, 11) is -3.66. The molecule has 0 aliphatic carbocycles. The highest BCUT2D eigenvalue weighted by atomic mass is 32.2. The number of sulfone groups is 1. The van der Waals surface area contributed by atoms with Crippen molar-refractivity contribution in [3.63, 3.8) is 0 Å². The van der Waals surface area contributed by atoms with Gasteiger partial charge in [-0.2, -0.15) is 0 Å². The summed E-state index contributed by atoms with van der Waals surface area (Å²) < 4.78 is 63.2. The molecule has 4 nitrogen and oxygen atoms in total. The third-order valence-electron chi connectivity index (χ3n) is 3.01. The lowest BCUT2D eigenvalue weighted by Crippen LogP contribution is -2.18. The third-order valence-corrected chi connectivity index (χ3v) is 4.74. The zero-order chi connectivity index (χ0) is 17.0. The maximum Gasteiger partial charge on any atom is 0.225 e. The second kappa shape index (κ2) is 6.82. The van der Waals surface area contributed by atoms with Crippen LogP contribution in [0.2, 0.25) is 0 Å². The van der Waals surface area contributed by atoms with E-state index in [2.05, 4.69) is 0 Å². The van der Waals surface area contributed by atoms with Crippen LogP contribution in [0.3, 0.4) is 0 Å². The Balaban J connectivity index is 2.03. The topological polar surface area (TPSA) is 63.2 Å². The van der Waals surface area contributed by atoms with Crippen molar-refractivity contribution in [1.82, 2.24) is 0 Å². The Morgan fingerprint density at radius 1 is 0.957 bits per heavy atom. The molecule has 0 heterocycles. The lowest BCUT2D eigenvalue weighted by atomic mass is 10.2. The molecule has 0 bridgehead atoms. The van der Waals surface area contributed by atoms with Gasteiger partial charge < -0.3 is 5.32 Å². The van der Waals surface area contributed by atoms with Crippen LogP contribution in [0.15, 0.2) is 47.4 Å². The zero-order valence-electron chi connectivity index (χ0n) is 11.7. The Kier molecular flexibility index (Phi) is 5.05. The Morgan fingerprint density at radius 3 is 2.26 bits per heavy atom. The first kappa shape index (κ1) is 17.0. The molecule has 23 heavy (non-hydrogen) atoms. The minimum absolute atomic E-state index is 0.0619. The van der Waals surface area contributed by atoms with Gasteiger partial charge in [-0.25, -0.2) is 21.6 Å². The molecular formula is C15H12F3NO3S. The lowest BCUT2D eigenvalue weighted by molar-refractivity contribution is -0.115. The Labute approximate surface area is 130 Å². The molecule has 2 aromatic carbocycles. The number of nitrogens with one attached hydrogen (secondary N) is 1. The van der Waals surface area contributed by atoms with Gasteiger partial charge in [0.15, 0.2) is 27.3 Å². The molecule has 0 radical (unpaired) electrons. The molecule has 0 aromatic heterocycles. The standard InChI is InChI=1S/C15H12F3NO3S/c16-11-6-7-12(15(18)14(11)17)19-13(20)8-9-23(21,22)10-4-2-1-3-5-10/h1-7H,8-9H2,(H,19,20). The van der Waals surface area contributed by atoms with Crippen molar-refractivity contribution in [2.24, 2.45) is 0 Å². The molecule has 122 valence electrons. The van der Waals surface area contributed by atoms with Crippen molar-refractivity contribution < 1.29 is 26.4 Å². The van der Waals surface area contributed by atoms with Gasteiger partial charge in [0.2, 0.25) is 5.91 Å². The van der Waals surface area contributed by atoms with Crippen molar-refractivity contribution in [3.8, 4) is 0 Å². The summed E-state index contributed by atoms with van der Waals surface area (Å²) in [5.41, 5.74) is -0.550. The summed E-state index contributed by atoms with van der Waals surface area (Å²) in [6, 6.07) is 9.04. The van der Waals surface area contributed by atoms with Crippen LogP contribution >= 0.6 is 0 Å². The molecule has 8 heteroatoms. The van der Waals surface area contributed by atoms with Crippen molar-refractivity contribution in [1.29, 1.82) is 0 Å². The van der Waals surface area contributed by atoms with E-state index >= 15 is 0 Å². The van der Waals surface area contributed by atoms with E-state index in [0.29, 0.717) is 6.07 Å². The lowest BCUT2D eigenvalue weighted by Gasteiger charge is -2.08. The summed E-state index contributed by atoms with van der Waals surface area (Å²) >= 11 is 0. The average Bonchev–Trinajstić information content (AvgIpc) is 2.54. The van der Waals surface area contributed by atoms with Gasteiger partial charge in [0.1, 0.15) is 0 Å². The minimum Gasteiger partial charge on any atom is -0.323 e. The number of hydrogen-bond donors (Lipinski definition) is 1. The van der Waals surface area contributed by atoms with Crippen LogP contribution in [-0.4, -0.2) is 20.1 Å². The fraction of sp³-hybridized carbons (Fsp3) is 0.133. The fourth-order valence-corrected chi connectivity index (χ4v) is 3.07. The Hall–Kier alpha value is -2.35. The van der Waals surface area contributed by atoms with E-state index in [9.17, 15) is 26.4 Å². The average molecular weight is 343 g/mol. The van der Waals surface area contributed by atoms with Gasteiger partial charge in [-0.15, -0.1) is 0 Å². The second-order valence-corrected chi connectivity index (χ2v) is 6.76. The maximum atomic E-state index is 13.4. The SMILES string of the molecule is O=C(CCS(=O)(=O)c1ccccc1)Nc1ccc(F)c(F)c1F. The highest BCUT2D eigenvalue weighted by molar-refractivity contribution is 7.91. The molecule has 2 rings (SSSR count). The molecule has 2 aromatic rings. The van der Waals surface area contributed by atoms with Crippen molar-refractivity contribution in [2.75, 3.05) is 11.1 Å². The van der Waals surface area contributed by atoms with Crippen LogP contribution in [0.25, 0.3) is 0 Å². The predicted molar refractivity (Wildman–Crippen MR) is 78.1 cm³/mol. The van der Waals surface area contributed by atoms with Crippen molar-refractivity contribution in [3.05, 3.63) is 59.9 Å². The van der Waals surface area contributed by atoms with Crippen LogP contribution in [0.5, 0.6) is 0 Å². The zero-order valence-corrected chi connectivity index (χ0v) is 12.5. The van der Waals surface area contributed by atoms with Crippen LogP contribution < -0.4 is 5.32 Å². The number of amides is 1. The van der Waals surface area contributed by atoms with Crippen molar-refractivity contribution >= 4 is 21.4 Å². The fourth-order valence-electron chi connectivity index (χ4n) is 1.81. The van der Waals surface area contributed by atoms with Crippen LogP contribution in [0, 0.1) is 17.5 Å². The molecule has 0 unspecified atom stereocenters. The molecule has 0 aliphatic heterocycles. The van der Waals surface area contributed by atoms with Gasteiger partial charge in [-0.05, 0) is 24.3 Å². The Morgan fingerprint density at radius 2 is 1.61 bits per heavy atom. The second-order valence-electron chi connectivity index (χ2n) is 4.65. The summed E-state index contributed by atoms with van der Waals surface area (Å²) in [5.74, 6) is -5.95. The number of anilines is 1. The third kappa shape index (κ3) is 4.10. The van der Waals surface area contributed by atoms with Crippen molar-refractivity contribution in [2.45, 2.75) is 11.3 Å². The number of carbonyl (C=O) groups excluding carboxylic acids is 1. The van der Waals surface area contributed by atoms with E-state index < -0.39 is 51.1 Å². The monoisotopic (exact) mass is 343 g/mol. The highest BCUT2D eigenvalue weighted by Gasteiger charge is 2.18. The number of benzene rings is 2. The van der Waals surface area contributed by atoms with Gasteiger partial charge >= 0.3 is 0 Å². The number of rotatable bonds is 5. The molecule has 0 spiro atoms. The predicted octanol–water partition coefficient (Wildman–Crippen LogP) is 2.91. The molecule has 0 aliphatic rings. The van der Waals surface area contributed by atoms with Crippen LogP contribution in [-0.2, 0) is 14.6 Å². The van der Waals surface area contributed by atoms with Gasteiger partial charge in [0.05, 0.1) is 16.3 Å². The van der Waals surface area contributed by atoms with E-state index in [-0.39, 0.29) is 4.90 Å². The smallest absolute Gasteiger partial charge is 0.225 e. The van der Waals surface area contributed by atoms with Crippen LogP contribution in [0.1, 0.15) is 6.42 Å². The minimum atomic E-state index is -3.66. The van der Waals surface area contributed by atoms with E-state index in [1.807, 2.05) is 5.32 Å². The van der Waals surface area contributed by atoms with E-state index in [1.54, 1.807) is 18.2 Å². The largest absolute Gasteiger partial charge is 0.323 e. The Bertz CT molecular complexity index is 823. The summed E-state index contributed by atoms with van der Waals surface area (Å²) in [6.07, 6.45) is -0.449.